The molecule has 0 spiro atoms. The second kappa shape index (κ2) is 5.20. The van der Waals surface area contributed by atoms with Crippen molar-refractivity contribution in [2.24, 2.45) is 7.05 Å². The number of fused-ring (bicyclic) bond motifs is 1. The third-order valence-corrected chi connectivity index (χ3v) is 4.26. The average molecular weight is 289 g/mol. The van der Waals surface area contributed by atoms with Crippen LogP contribution in [0.5, 0.6) is 0 Å². The molecule has 1 N–H and O–H groups in total. The van der Waals surface area contributed by atoms with Crippen LogP contribution < -0.4 is 10.9 Å². The zero-order chi connectivity index (χ0) is 14.1. The minimum Gasteiger partial charge on any atom is -0.349 e. The number of thiophene rings is 1. The lowest BCUT2D eigenvalue weighted by atomic mass is 9.92. The molecule has 1 unspecified atom stereocenters. The highest BCUT2D eigenvalue weighted by atomic mass is 32.1. The summed E-state index contributed by atoms with van der Waals surface area (Å²) in [6.45, 7) is 0. The lowest BCUT2D eigenvalue weighted by molar-refractivity contribution is 0.0934. The number of rotatable bonds is 2. The van der Waals surface area contributed by atoms with E-state index >= 15 is 0 Å². The number of carbonyl (C=O) groups is 1. The fourth-order valence-corrected chi connectivity index (χ4v) is 3.11. The molecule has 1 aliphatic carbocycles. The lowest BCUT2D eigenvalue weighted by Crippen LogP contribution is -2.40. The summed E-state index contributed by atoms with van der Waals surface area (Å²) in [4.78, 5) is 23.6. The van der Waals surface area contributed by atoms with Crippen LogP contribution in [0.15, 0.2) is 27.7 Å². The van der Waals surface area contributed by atoms with Gasteiger partial charge in [0.2, 0.25) is 0 Å². The van der Waals surface area contributed by atoms with E-state index in [2.05, 4.69) is 10.4 Å². The molecule has 2 heterocycles. The van der Waals surface area contributed by atoms with Gasteiger partial charge in [-0.3, -0.25) is 9.59 Å². The van der Waals surface area contributed by atoms with E-state index < -0.39 is 0 Å². The zero-order valence-corrected chi connectivity index (χ0v) is 11.9. The van der Waals surface area contributed by atoms with Crippen molar-refractivity contribution in [3.05, 3.63) is 50.1 Å². The van der Waals surface area contributed by atoms with Crippen LogP contribution in [-0.2, 0) is 19.9 Å². The van der Waals surface area contributed by atoms with Crippen molar-refractivity contribution < 1.29 is 4.79 Å². The molecule has 104 valence electrons. The van der Waals surface area contributed by atoms with Gasteiger partial charge in [0.05, 0.1) is 5.69 Å². The molecule has 0 saturated heterocycles. The molecule has 0 bridgehead atoms. The molecule has 0 radical (unpaired) electrons. The summed E-state index contributed by atoms with van der Waals surface area (Å²) < 4.78 is 1.36. The number of hydrogen-bond donors (Lipinski definition) is 1. The second-order valence-corrected chi connectivity index (χ2v) is 5.78. The van der Waals surface area contributed by atoms with E-state index in [0.717, 1.165) is 24.1 Å². The van der Waals surface area contributed by atoms with E-state index in [1.165, 1.54) is 16.0 Å². The Morgan fingerprint density at radius 2 is 2.40 bits per heavy atom. The van der Waals surface area contributed by atoms with Crippen LogP contribution in [-0.4, -0.2) is 21.7 Å². The Bertz CT molecular complexity index is 691. The Kier molecular flexibility index (Phi) is 3.40. The third-order valence-electron chi connectivity index (χ3n) is 3.57. The van der Waals surface area contributed by atoms with Gasteiger partial charge < -0.3 is 5.32 Å². The molecular weight excluding hydrogens is 274 g/mol. The standard InChI is InChI=1S/C14H15N3O2S/c1-17-13(18)7-10-6-11(2-3-12(10)16-17)15-14(19)9-4-5-20-8-9/h4-5,7-8,11H,2-3,6H2,1H3,(H,15,19). The average Bonchev–Trinajstić information content (AvgIpc) is 2.94. The Balaban J connectivity index is 1.74. The Morgan fingerprint density at radius 1 is 1.55 bits per heavy atom. The van der Waals surface area contributed by atoms with Crippen molar-refractivity contribution in [1.82, 2.24) is 15.1 Å². The van der Waals surface area contributed by atoms with Crippen LogP contribution in [0.1, 0.15) is 28.0 Å². The van der Waals surface area contributed by atoms with E-state index in [9.17, 15) is 9.59 Å². The van der Waals surface area contributed by atoms with Crippen LogP contribution >= 0.6 is 11.3 Å². The molecule has 1 aliphatic rings. The topological polar surface area (TPSA) is 64.0 Å². The molecule has 20 heavy (non-hydrogen) atoms. The van der Waals surface area contributed by atoms with E-state index in [-0.39, 0.29) is 17.5 Å². The first-order chi connectivity index (χ1) is 9.63. The summed E-state index contributed by atoms with van der Waals surface area (Å²) >= 11 is 1.51. The highest BCUT2D eigenvalue weighted by Gasteiger charge is 2.22. The molecule has 1 amide bonds. The molecule has 0 fully saturated rings. The SMILES string of the molecule is Cn1nc2c(cc1=O)CC(NC(=O)c1ccsc1)CC2. The maximum Gasteiger partial charge on any atom is 0.266 e. The van der Waals surface area contributed by atoms with Crippen LogP contribution in [0.4, 0.5) is 0 Å². The number of amides is 1. The van der Waals surface area contributed by atoms with Gasteiger partial charge in [0, 0.05) is 30.1 Å². The molecule has 2 aromatic heterocycles. The largest absolute Gasteiger partial charge is 0.349 e. The monoisotopic (exact) mass is 289 g/mol. The molecule has 0 aliphatic heterocycles. The summed E-state index contributed by atoms with van der Waals surface area (Å²) in [5.74, 6) is -0.0449. The zero-order valence-electron chi connectivity index (χ0n) is 11.1. The van der Waals surface area contributed by atoms with Crippen molar-refractivity contribution >= 4 is 17.2 Å². The van der Waals surface area contributed by atoms with Crippen LogP contribution in [0.2, 0.25) is 0 Å². The third kappa shape index (κ3) is 2.51. The summed E-state index contributed by atoms with van der Waals surface area (Å²) in [6, 6.07) is 3.52. The smallest absolute Gasteiger partial charge is 0.266 e. The van der Waals surface area contributed by atoms with Crippen LogP contribution in [0.3, 0.4) is 0 Å². The van der Waals surface area contributed by atoms with E-state index in [1.54, 1.807) is 13.1 Å². The van der Waals surface area contributed by atoms with Gasteiger partial charge in [0.25, 0.3) is 11.5 Å². The molecule has 0 aromatic carbocycles. The summed E-state index contributed by atoms with van der Waals surface area (Å²) in [5, 5.41) is 11.0. The molecule has 0 saturated carbocycles. The summed E-state index contributed by atoms with van der Waals surface area (Å²) in [5.41, 5.74) is 2.51. The number of hydrogen-bond acceptors (Lipinski definition) is 4. The highest BCUT2D eigenvalue weighted by Crippen LogP contribution is 2.18. The van der Waals surface area contributed by atoms with E-state index in [0.29, 0.717) is 12.0 Å². The molecule has 5 nitrogen and oxygen atoms in total. The van der Waals surface area contributed by atoms with E-state index in [4.69, 9.17) is 0 Å². The Morgan fingerprint density at radius 3 is 3.15 bits per heavy atom. The predicted molar refractivity (Wildman–Crippen MR) is 77.1 cm³/mol. The van der Waals surface area contributed by atoms with Gasteiger partial charge in [0.1, 0.15) is 0 Å². The fourth-order valence-electron chi connectivity index (χ4n) is 2.47. The lowest BCUT2D eigenvalue weighted by Gasteiger charge is -2.24. The van der Waals surface area contributed by atoms with Crippen molar-refractivity contribution in [2.45, 2.75) is 25.3 Å². The van der Waals surface area contributed by atoms with E-state index in [1.807, 2.05) is 16.8 Å². The van der Waals surface area contributed by atoms with Crippen molar-refractivity contribution in [3.63, 3.8) is 0 Å². The van der Waals surface area contributed by atoms with Gasteiger partial charge >= 0.3 is 0 Å². The minimum absolute atomic E-state index is 0.0449. The van der Waals surface area contributed by atoms with Gasteiger partial charge in [-0.1, -0.05) is 0 Å². The normalized spacial score (nSPS) is 17.6. The highest BCUT2D eigenvalue weighted by molar-refractivity contribution is 7.08. The molecule has 1 atom stereocenters. The number of aryl methyl sites for hydroxylation is 2. The Labute approximate surface area is 120 Å². The van der Waals surface area contributed by atoms with Crippen LogP contribution in [0.25, 0.3) is 0 Å². The predicted octanol–water partition coefficient (Wildman–Crippen LogP) is 1.13. The van der Waals surface area contributed by atoms with Gasteiger partial charge in [-0.25, -0.2) is 4.68 Å². The number of carbonyl (C=O) groups excluding carboxylic acids is 1. The summed E-state index contributed by atoms with van der Waals surface area (Å²) in [6.07, 6.45) is 2.32. The first kappa shape index (κ1) is 13.1. The first-order valence-corrected chi connectivity index (χ1v) is 7.47. The molecule has 2 aromatic rings. The maximum atomic E-state index is 12.0. The summed E-state index contributed by atoms with van der Waals surface area (Å²) in [7, 11) is 1.66. The van der Waals surface area contributed by atoms with Gasteiger partial charge in [-0.15, -0.1) is 0 Å². The first-order valence-electron chi connectivity index (χ1n) is 6.52. The van der Waals surface area contributed by atoms with Crippen molar-refractivity contribution in [3.8, 4) is 0 Å². The molecule has 3 rings (SSSR count). The van der Waals surface area contributed by atoms with Gasteiger partial charge in [-0.2, -0.15) is 16.4 Å². The van der Waals surface area contributed by atoms with Crippen molar-refractivity contribution in [1.29, 1.82) is 0 Å². The molecular formula is C14H15N3O2S. The van der Waals surface area contributed by atoms with Gasteiger partial charge in [0.15, 0.2) is 0 Å². The second-order valence-electron chi connectivity index (χ2n) is 5.00. The van der Waals surface area contributed by atoms with Crippen LogP contribution in [0, 0.1) is 0 Å². The minimum atomic E-state index is -0.103. The quantitative estimate of drug-likeness (QED) is 0.901. The Hall–Kier alpha value is -1.95. The number of aromatic nitrogens is 2. The fraction of sp³-hybridized carbons (Fsp3) is 0.357. The number of nitrogens with zero attached hydrogens (tertiary/aromatic N) is 2. The van der Waals surface area contributed by atoms with Gasteiger partial charge in [-0.05, 0) is 36.3 Å². The number of nitrogens with one attached hydrogen (secondary N) is 1. The maximum absolute atomic E-state index is 12.0. The molecule has 6 heteroatoms. The van der Waals surface area contributed by atoms with Crippen molar-refractivity contribution in [2.75, 3.05) is 0 Å².